The number of nitrogens with zero attached hydrogens (tertiary/aromatic N) is 1. The number of hydrogen-bond acceptors (Lipinski definition) is 4. The number of benzene rings is 2. The van der Waals surface area contributed by atoms with Crippen LogP contribution in [0.2, 0.25) is 0 Å². The Kier molecular flexibility index (Phi) is 7.43. The maximum Gasteiger partial charge on any atom is 0.312 e. The van der Waals surface area contributed by atoms with Crippen molar-refractivity contribution in [3.05, 3.63) is 60.2 Å². The fourth-order valence-electron chi connectivity index (χ4n) is 3.68. The van der Waals surface area contributed by atoms with Gasteiger partial charge in [-0.3, -0.25) is 9.59 Å². The van der Waals surface area contributed by atoms with E-state index in [0.717, 1.165) is 35.0 Å². The lowest BCUT2D eigenvalue weighted by Gasteiger charge is -2.09. The highest BCUT2D eigenvalue weighted by molar-refractivity contribution is 6.14. The number of carbonyl (C=O) groups is 3. The summed E-state index contributed by atoms with van der Waals surface area (Å²) in [6, 6.07) is 16.9. The minimum atomic E-state index is -0.554. The van der Waals surface area contributed by atoms with Gasteiger partial charge in [0.25, 0.3) is 0 Å². The molecule has 3 rings (SSSR count). The summed E-state index contributed by atoms with van der Waals surface area (Å²) in [7, 11) is 1.93. The molecule has 0 unspecified atom stereocenters. The van der Waals surface area contributed by atoms with Crippen LogP contribution in [-0.4, -0.2) is 35.5 Å². The number of nitrogens with two attached hydrogens (primary N) is 1. The molecule has 0 atom stereocenters. The molecule has 162 valence electrons. The van der Waals surface area contributed by atoms with E-state index in [1.165, 1.54) is 0 Å². The van der Waals surface area contributed by atoms with Crippen molar-refractivity contribution in [3.8, 4) is 11.3 Å². The van der Waals surface area contributed by atoms with Gasteiger partial charge in [0, 0.05) is 30.9 Å². The molecule has 0 saturated carbocycles. The fourth-order valence-corrected chi connectivity index (χ4v) is 3.68. The first-order chi connectivity index (χ1) is 15.0. The second-order valence-corrected chi connectivity index (χ2v) is 7.35. The highest BCUT2D eigenvalue weighted by Gasteiger charge is 2.22. The van der Waals surface area contributed by atoms with Crippen molar-refractivity contribution in [1.82, 2.24) is 9.88 Å². The Balaban J connectivity index is 1.66. The number of ketones is 1. The number of amides is 2. The maximum atomic E-state index is 13.1. The Morgan fingerprint density at radius 2 is 1.68 bits per heavy atom. The summed E-state index contributed by atoms with van der Waals surface area (Å²) in [5, 5.41) is 3.34. The number of esters is 1. The van der Waals surface area contributed by atoms with E-state index < -0.39 is 12.0 Å². The average Bonchev–Trinajstić information content (AvgIpc) is 3.07. The van der Waals surface area contributed by atoms with E-state index in [-0.39, 0.29) is 18.8 Å². The lowest BCUT2D eigenvalue weighted by Crippen LogP contribution is -2.29. The molecule has 0 radical (unpaired) electrons. The predicted octanol–water partition coefficient (Wildman–Crippen LogP) is 3.80. The first kappa shape index (κ1) is 22.1. The summed E-state index contributed by atoms with van der Waals surface area (Å²) in [5.41, 5.74) is 8.25. The van der Waals surface area contributed by atoms with E-state index in [2.05, 4.69) is 5.32 Å². The van der Waals surface area contributed by atoms with Crippen LogP contribution in [0.5, 0.6) is 0 Å². The fraction of sp³-hybridized carbons (Fsp3) is 0.292. The van der Waals surface area contributed by atoms with Crippen LogP contribution >= 0.6 is 0 Å². The summed E-state index contributed by atoms with van der Waals surface area (Å²) in [6.45, 7) is 0.183. The molecule has 0 bridgehead atoms. The van der Waals surface area contributed by atoms with Crippen LogP contribution in [0.1, 0.15) is 36.0 Å². The van der Waals surface area contributed by atoms with Gasteiger partial charge in [0.1, 0.15) is 0 Å². The van der Waals surface area contributed by atoms with E-state index in [9.17, 15) is 14.4 Å². The molecule has 31 heavy (non-hydrogen) atoms. The smallest absolute Gasteiger partial charge is 0.312 e. The highest BCUT2D eigenvalue weighted by Crippen LogP contribution is 2.33. The molecule has 1 heterocycles. The second-order valence-electron chi connectivity index (χ2n) is 7.35. The number of primary amides is 1. The third-order valence-electron chi connectivity index (χ3n) is 5.15. The van der Waals surface area contributed by atoms with E-state index in [0.29, 0.717) is 18.5 Å². The SMILES string of the molecule is Cn1c(-c2ccccc2)c(C(=O)COC(=O)CCCCCNC(N)=O)c2ccccc21. The molecule has 7 nitrogen and oxygen atoms in total. The van der Waals surface area contributed by atoms with Gasteiger partial charge in [0.2, 0.25) is 5.78 Å². The molecule has 2 amide bonds. The summed E-state index contributed by atoms with van der Waals surface area (Å²) < 4.78 is 7.26. The van der Waals surface area contributed by atoms with Gasteiger partial charge in [0.15, 0.2) is 6.61 Å². The molecule has 3 N–H and O–H groups in total. The maximum absolute atomic E-state index is 13.1. The van der Waals surface area contributed by atoms with Crippen LogP contribution in [0.15, 0.2) is 54.6 Å². The van der Waals surface area contributed by atoms with Crippen LogP contribution in [-0.2, 0) is 16.6 Å². The van der Waals surface area contributed by atoms with Gasteiger partial charge >= 0.3 is 12.0 Å². The second kappa shape index (κ2) is 10.4. The summed E-state index contributed by atoms with van der Waals surface area (Å²) in [6.07, 6.45) is 2.33. The molecular weight excluding hydrogens is 394 g/mol. The van der Waals surface area contributed by atoms with Gasteiger partial charge < -0.3 is 20.4 Å². The standard InChI is InChI=1S/C24H27N3O4/c1-27-19-13-8-7-12-18(19)22(23(27)17-10-4-2-5-11-17)20(28)16-31-21(29)14-6-3-9-15-26-24(25)30/h2,4-5,7-8,10-13H,3,6,9,14-16H2,1H3,(H3,25,26,30). The zero-order chi connectivity index (χ0) is 22.2. The molecule has 0 spiro atoms. The van der Waals surface area contributed by atoms with Crippen LogP contribution < -0.4 is 11.1 Å². The van der Waals surface area contributed by atoms with E-state index >= 15 is 0 Å². The summed E-state index contributed by atoms with van der Waals surface area (Å²) in [5.74, 6) is -0.632. The first-order valence-electron chi connectivity index (χ1n) is 10.3. The summed E-state index contributed by atoms with van der Waals surface area (Å²) in [4.78, 5) is 35.8. The Hall–Kier alpha value is -3.61. The monoisotopic (exact) mass is 421 g/mol. The average molecular weight is 421 g/mol. The number of hydrogen-bond donors (Lipinski definition) is 2. The molecule has 0 saturated heterocycles. The van der Waals surface area contributed by atoms with E-state index in [1.807, 2.05) is 66.2 Å². The van der Waals surface area contributed by atoms with E-state index in [1.54, 1.807) is 0 Å². The molecule has 7 heteroatoms. The molecule has 0 fully saturated rings. The van der Waals surface area contributed by atoms with Gasteiger partial charge in [-0.15, -0.1) is 0 Å². The molecule has 0 aliphatic heterocycles. The zero-order valence-corrected chi connectivity index (χ0v) is 17.6. The minimum Gasteiger partial charge on any atom is -0.457 e. The van der Waals surface area contributed by atoms with Crippen molar-refractivity contribution in [1.29, 1.82) is 0 Å². The highest BCUT2D eigenvalue weighted by atomic mass is 16.5. The van der Waals surface area contributed by atoms with Gasteiger partial charge in [-0.1, -0.05) is 55.0 Å². The number of carbonyl (C=O) groups excluding carboxylic acids is 3. The Morgan fingerprint density at radius 1 is 0.968 bits per heavy atom. The Bertz CT molecular complexity index is 1070. The number of para-hydroxylation sites is 1. The summed E-state index contributed by atoms with van der Waals surface area (Å²) >= 11 is 0. The molecule has 0 aliphatic carbocycles. The number of urea groups is 1. The number of nitrogens with one attached hydrogen (secondary N) is 1. The molecule has 3 aromatic rings. The van der Waals surface area contributed by atoms with Gasteiger partial charge in [-0.2, -0.15) is 0 Å². The number of aryl methyl sites for hydroxylation is 1. The van der Waals surface area contributed by atoms with Gasteiger partial charge in [-0.25, -0.2) is 4.79 Å². The van der Waals surface area contributed by atoms with Crippen LogP contribution in [0.4, 0.5) is 4.79 Å². The molecule has 1 aromatic heterocycles. The van der Waals surface area contributed by atoms with Gasteiger partial charge in [-0.05, 0) is 24.5 Å². The number of aromatic nitrogens is 1. The first-order valence-corrected chi connectivity index (χ1v) is 10.3. The molecule has 2 aromatic carbocycles. The van der Waals surface area contributed by atoms with Crippen LogP contribution in [0.3, 0.4) is 0 Å². The van der Waals surface area contributed by atoms with Crippen molar-refractivity contribution in [2.24, 2.45) is 12.8 Å². The number of rotatable bonds is 10. The lowest BCUT2D eigenvalue weighted by atomic mass is 10.0. The Morgan fingerprint density at radius 3 is 2.42 bits per heavy atom. The van der Waals surface area contributed by atoms with Crippen molar-refractivity contribution < 1.29 is 19.1 Å². The van der Waals surface area contributed by atoms with Crippen LogP contribution in [0, 0.1) is 0 Å². The Labute approximate surface area is 181 Å². The topological polar surface area (TPSA) is 103 Å². The van der Waals surface area contributed by atoms with Crippen LogP contribution in [0.25, 0.3) is 22.2 Å². The zero-order valence-electron chi connectivity index (χ0n) is 17.6. The van der Waals surface area contributed by atoms with Crippen molar-refractivity contribution in [2.75, 3.05) is 13.2 Å². The predicted molar refractivity (Wildman–Crippen MR) is 120 cm³/mol. The van der Waals surface area contributed by atoms with Gasteiger partial charge in [0.05, 0.1) is 11.3 Å². The normalized spacial score (nSPS) is 10.7. The quantitative estimate of drug-likeness (QED) is 0.295. The van der Waals surface area contributed by atoms with Crippen molar-refractivity contribution in [3.63, 3.8) is 0 Å². The number of unbranched alkanes of at least 4 members (excludes halogenated alkanes) is 2. The number of ether oxygens (including phenoxy) is 1. The number of fused-ring (bicyclic) bond motifs is 1. The third kappa shape index (κ3) is 5.51. The molecule has 0 aliphatic rings. The number of Topliss-reactive ketones (excluding diaryl/α,β-unsaturated/α-hetero) is 1. The van der Waals surface area contributed by atoms with Crippen molar-refractivity contribution in [2.45, 2.75) is 25.7 Å². The molecular formula is C24H27N3O4. The minimum absolute atomic E-state index is 0.227. The third-order valence-corrected chi connectivity index (χ3v) is 5.15. The lowest BCUT2D eigenvalue weighted by molar-refractivity contribution is -0.142. The van der Waals surface area contributed by atoms with Crippen molar-refractivity contribution >= 4 is 28.7 Å². The largest absolute Gasteiger partial charge is 0.457 e. The van der Waals surface area contributed by atoms with E-state index in [4.69, 9.17) is 10.5 Å².